The summed E-state index contributed by atoms with van der Waals surface area (Å²) in [5.41, 5.74) is 1.90. The molecule has 2 fully saturated rings. The number of aromatic nitrogens is 1. The lowest BCUT2D eigenvalue weighted by molar-refractivity contribution is -0.161. The molecule has 3 heterocycles. The Labute approximate surface area is 179 Å². The summed E-state index contributed by atoms with van der Waals surface area (Å²) >= 11 is 0. The van der Waals surface area contributed by atoms with Crippen molar-refractivity contribution in [1.29, 1.82) is 0 Å². The molecular formula is C23H30ClN3O2. The first-order valence-electron chi connectivity index (χ1n) is 10.3. The van der Waals surface area contributed by atoms with Crippen molar-refractivity contribution in [1.82, 2.24) is 14.8 Å². The standard InChI is InChI=1S/C23H29N3O2.ClH/c1-19-17-26(22(27)21-5-3-2-4-6-21)18-23(28-19)10-15-25(16-11-23)14-9-20-7-12-24-13-8-20;/h2-8,12-13,19H,9-11,14-18H2,1H3;1H. The summed E-state index contributed by atoms with van der Waals surface area (Å²) in [5, 5.41) is 0. The fourth-order valence-electron chi connectivity index (χ4n) is 4.44. The van der Waals surface area contributed by atoms with Gasteiger partial charge < -0.3 is 14.5 Å². The number of halogens is 1. The molecule has 1 spiro atoms. The zero-order valence-electron chi connectivity index (χ0n) is 17.0. The molecule has 2 aliphatic rings. The van der Waals surface area contributed by atoms with Crippen LogP contribution in [-0.2, 0) is 11.2 Å². The van der Waals surface area contributed by atoms with Crippen molar-refractivity contribution < 1.29 is 9.53 Å². The fraction of sp³-hybridized carbons (Fsp3) is 0.478. The van der Waals surface area contributed by atoms with Gasteiger partial charge in [-0.15, -0.1) is 12.4 Å². The molecule has 29 heavy (non-hydrogen) atoms. The second-order valence-electron chi connectivity index (χ2n) is 8.11. The number of carbonyl (C=O) groups is 1. The van der Waals surface area contributed by atoms with Crippen LogP contribution in [0, 0.1) is 0 Å². The lowest BCUT2D eigenvalue weighted by atomic mass is 9.88. The van der Waals surface area contributed by atoms with Crippen LogP contribution >= 0.6 is 12.4 Å². The minimum Gasteiger partial charge on any atom is -0.368 e. The molecule has 0 bridgehead atoms. The average molecular weight is 416 g/mol. The van der Waals surface area contributed by atoms with Gasteiger partial charge in [0.15, 0.2) is 0 Å². The number of carbonyl (C=O) groups excluding carboxylic acids is 1. The van der Waals surface area contributed by atoms with Crippen molar-refractivity contribution >= 4 is 18.3 Å². The van der Waals surface area contributed by atoms with Crippen LogP contribution < -0.4 is 0 Å². The van der Waals surface area contributed by atoms with Crippen LogP contribution in [0.2, 0.25) is 0 Å². The first-order valence-corrected chi connectivity index (χ1v) is 10.3. The molecule has 1 amide bonds. The highest BCUT2D eigenvalue weighted by Crippen LogP contribution is 2.33. The molecule has 1 aromatic heterocycles. The first kappa shape index (κ1) is 21.8. The molecule has 0 aliphatic carbocycles. The van der Waals surface area contributed by atoms with Gasteiger partial charge in [0, 0.05) is 44.1 Å². The molecule has 5 nitrogen and oxygen atoms in total. The molecule has 2 saturated heterocycles. The minimum absolute atomic E-state index is 0. The molecule has 4 rings (SSSR count). The van der Waals surface area contributed by atoms with Crippen molar-refractivity contribution in [2.45, 2.75) is 37.9 Å². The third-order valence-electron chi connectivity index (χ3n) is 5.95. The van der Waals surface area contributed by atoms with E-state index in [2.05, 4.69) is 28.9 Å². The minimum atomic E-state index is -0.199. The number of benzene rings is 1. The van der Waals surface area contributed by atoms with E-state index in [9.17, 15) is 4.79 Å². The summed E-state index contributed by atoms with van der Waals surface area (Å²) in [7, 11) is 0. The van der Waals surface area contributed by atoms with Crippen LogP contribution in [0.4, 0.5) is 0 Å². The number of rotatable bonds is 4. The van der Waals surface area contributed by atoms with Gasteiger partial charge in [0.25, 0.3) is 5.91 Å². The molecule has 6 heteroatoms. The maximum Gasteiger partial charge on any atom is 0.254 e. The number of likely N-dealkylation sites (tertiary alicyclic amines) is 1. The molecule has 2 aliphatic heterocycles. The zero-order valence-corrected chi connectivity index (χ0v) is 17.8. The topological polar surface area (TPSA) is 45.7 Å². The summed E-state index contributed by atoms with van der Waals surface area (Å²) in [6.45, 7) is 6.55. The predicted molar refractivity (Wildman–Crippen MR) is 116 cm³/mol. The molecule has 0 N–H and O–H groups in total. The number of amides is 1. The maximum absolute atomic E-state index is 12.9. The van der Waals surface area contributed by atoms with Gasteiger partial charge in [-0.25, -0.2) is 0 Å². The maximum atomic E-state index is 12.9. The van der Waals surface area contributed by atoms with Gasteiger partial charge in [-0.3, -0.25) is 9.78 Å². The van der Waals surface area contributed by atoms with Crippen LogP contribution in [0.25, 0.3) is 0 Å². The van der Waals surface area contributed by atoms with Gasteiger partial charge in [-0.1, -0.05) is 18.2 Å². The number of nitrogens with zero attached hydrogens (tertiary/aromatic N) is 3. The first-order chi connectivity index (χ1) is 13.6. The van der Waals surface area contributed by atoms with E-state index in [4.69, 9.17) is 4.74 Å². The van der Waals surface area contributed by atoms with Gasteiger partial charge in [0.1, 0.15) is 0 Å². The highest BCUT2D eigenvalue weighted by molar-refractivity contribution is 5.94. The van der Waals surface area contributed by atoms with Crippen molar-refractivity contribution in [3.8, 4) is 0 Å². The molecule has 1 unspecified atom stereocenters. The van der Waals surface area contributed by atoms with Crippen LogP contribution in [0.1, 0.15) is 35.7 Å². The van der Waals surface area contributed by atoms with Gasteiger partial charge in [-0.2, -0.15) is 0 Å². The van der Waals surface area contributed by atoms with Gasteiger partial charge in [0.05, 0.1) is 18.2 Å². The molecular weight excluding hydrogens is 386 g/mol. The number of morpholine rings is 1. The van der Waals surface area contributed by atoms with Crippen molar-refractivity contribution in [3.05, 3.63) is 66.0 Å². The van der Waals surface area contributed by atoms with E-state index in [1.165, 1.54) is 5.56 Å². The largest absolute Gasteiger partial charge is 0.368 e. The van der Waals surface area contributed by atoms with Gasteiger partial charge in [0.2, 0.25) is 0 Å². The van der Waals surface area contributed by atoms with Crippen molar-refractivity contribution in [3.63, 3.8) is 0 Å². The van der Waals surface area contributed by atoms with E-state index in [1.54, 1.807) is 0 Å². The Balaban J connectivity index is 0.00000240. The van der Waals surface area contributed by atoms with Crippen LogP contribution in [-0.4, -0.2) is 65.1 Å². The molecule has 1 aromatic carbocycles. The van der Waals surface area contributed by atoms with Crippen LogP contribution in [0.5, 0.6) is 0 Å². The molecule has 1 atom stereocenters. The Hall–Kier alpha value is -1.95. The van der Waals surface area contributed by atoms with Crippen molar-refractivity contribution in [2.24, 2.45) is 0 Å². The molecule has 0 radical (unpaired) electrons. The highest BCUT2D eigenvalue weighted by Gasteiger charge is 2.43. The second kappa shape index (κ2) is 9.70. The number of piperidine rings is 1. The number of ether oxygens (including phenoxy) is 1. The Kier molecular flexibility index (Phi) is 7.28. The fourth-order valence-corrected chi connectivity index (χ4v) is 4.44. The third kappa shape index (κ3) is 5.35. The Morgan fingerprint density at radius 2 is 1.83 bits per heavy atom. The summed E-state index contributed by atoms with van der Waals surface area (Å²) in [6.07, 6.45) is 6.79. The summed E-state index contributed by atoms with van der Waals surface area (Å²) in [4.78, 5) is 21.5. The Morgan fingerprint density at radius 3 is 2.52 bits per heavy atom. The summed E-state index contributed by atoms with van der Waals surface area (Å²) in [5.74, 6) is 0.121. The molecule has 0 saturated carbocycles. The van der Waals surface area contributed by atoms with Crippen molar-refractivity contribution in [2.75, 3.05) is 32.7 Å². The highest BCUT2D eigenvalue weighted by atomic mass is 35.5. The lowest BCUT2D eigenvalue weighted by Gasteiger charge is -2.49. The lowest BCUT2D eigenvalue weighted by Crippen LogP contribution is -2.60. The molecule has 2 aromatic rings. The predicted octanol–water partition coefficient (Wildman–Crippen LogP) is 3.44. The van der Waals surface area contributed by atoms with Crippen LogP contribution in [0.15, 0.2) is 54.9 Å². The third-order valence-corrected chi connectivity index (χ3v) is 5.95. The van der Waals surface area contributed by atoms with E-state index in [0.717, 1.165) is 44.5 Å². The van der Waals surface area contributed by atoms with Gasteiger partial charge in [-0.05, 0) is 56.0 Å². The van der Waals surface area contributed by atoms with E-state index in [1.807, 2.05) is 47.6 Å². The normalized spacial score (nSPS) is 21.6. The smallest absolute Gasteiger partial charge is 0.254 e. The monoisotopic (exact) mass is 415 g/mol. The number of hydrogen-bond donors (Lipinski definition) is 0. The Morgan fingerprint density at radius 1 is 1.14 bits per heavy atom. The van der Waals surface area contributed by atoms with Gasteiger partial charge >= 0.3 is 0 Å². The van der Waals surface area contributed by atoms with E-state index >= 15 is 0 Å². The average Bonchev–Trinajstić information content (AvgIpc) is 2.74. The number of pyridine rings is 1. The Bertz CT molecular complexity index is 779. The molecule has 156 valence electrons. The summed E-state index contributed by atoms with van der Waals surface area (Å²) in [6, 6.07) is 13.8. The van der Waals surface area contributed by atoms with E-state index in [0.29, 0.717) is 13.1 Å². The quantitative estimate of drug-likeness (QED) is 0.767. The second-order valence-corrected chi connectivity index (χ2v) is 8.11. The SMILES string of the molecule is CC1CN(C(=O)c2ccccc2)CC2(CCN(CCc3ccncc3)CC2)O1.Cl. The van der Waals surface area contributed by atoms with Crippen LogP contribution in [0.3, 0.4) is 0 Å². The zero-order chi connectivity index (χ0) is 19.4. The van der Waals surface area contributed by atoms with E-state index < -0.39 is 0 Å². The summed E-state index contributed by atoms with van der Waals surface area (Å²) < 4.78 is 6.41. The number of hydrogen-bond acceptors (Lipinski definition) is 4. The van der Waals surface area contributed by atoms with E-state index in [-0.39, 0.29) is 30.0 Å².